The number of piperazine rings is 1. The van der Waals surface area contributed by atoms with Gasteiger partial charge in [-0.1, -0.05) is 43.2 Å². The molecule has 2 aromatic heterocycles. The van der Waals surface area contributed by atoms with Crippen molar-refractivity contribution in [2.24, 2.45) is 11.3 Å². The molecule has 0 atom stereocenters. The molecule has 0 spiro atoms. The number of nitro benzene ring substituents is 1. The predicted octanol–water partition coefficient (Wildman–Crippen LogP) is 9.30. The van der Waals surface area contributed by atoms with Crippen molar-refractivity contribution in [3.05, 3.63) is 111 Å². The van der Waals surface area contributed by atoms with Crippen molar-refractivity contribution in [3.8, 4) is 5.88 Å². The molecule has 0 bridgehead atoms. The molecular formula is C50H59ClN8O7S. The van der Waals surface area contributed by atoms with E-state index in [0.29, 0.717) is 61.9 Å². The van der Waals surface area contributed by atoms with Gasteiger partial charge in [0.15, 0.2) is 0 Å². The zero-order valence-electron chi connectivity index (χ0n) is 38.3. The number of aromatic amines is 1. The number of carbonyl (C=O) groups excluding carboxylic acids is 1. The highest BCUT2D eigenvalue weighted by Gasteiger charge is 2.33. The number of carbonyl (C=O) groups is 1. The summed E-state index contributed by atoms with van der Waals surface area (Å²) in [5, 5.41) is 27.3. The Labute approximate surface area is 396 Å². The lowest BCUT2D eigenvalue weighted by Crippen LogP contribution is -2.47. The number of pyridine rings is 1. The van der Waals surface area contributed by atoms with Gasteiger partial charge >= 0.3 is 0 Å². The zero-order valence-corrected chi connectivity index (χ0v) is 39.9. The number of ether oxygens (including phenoxy) is 1. The van der Waals surface area contributed by atoms with Crippen LogP contribution in [0.1, 0.15) is 88.1 Å². The number of nitro groups is 1. The summed E-state index contributed by atoms with van der Waals surface area (Å²) in [7, 11) is -4.59. The maximum Gasteiger partial charge on any atom is 0.293 e. The van der Waals surface area contributed by atoms with Gasteiger partial charge in [-0.15, -0.1) is 0 Å². The van der Waals surface area contributed by atoms with Crippen molar-refractivity contribution in [2.75, 3.05) is 67.5 Å². The number of hydrogen-bond donors (Lipinski definition) is 4. The van der Waals surface area contributed by atoms with Crippen LogP contribution in [-0.2, 0) is 10.0 Å². The smallest absolute Gasteiger partial charge is 0.293 e. The second kappa shape index (κ2) is 18.8. The van der Waals surface area contributed by atoms with Crippen molar-refractivity contribution in [3.63, 3.8) is 0 Å². The van der Waals surface area contributed by atoms with Crippen molar-refractivity contribution in [1.82, 2.24) is 19.6 Å². The number of amides is 1. The minimum Gasteiger partial charge on any atom is -0.476 e. The number of fused-ring (bicyclic) bond motifs is 2. The van der Waals surface area contributed by atoms with E-state index in [1.165, 1.54) is 28.8 Å². The molecule has 9 rings (SSSR count). The summed E-state index contributed by atoms with van der Waals surface area (Å²) in [5.74, 6) is -0.292. The number of aromatic nitrogens is 2. The number of H-pyrrole nitrogens is 1. The molecular weight excluding hydrogens is 892 g/mol. The van der Waals surface area contributed by atoms with Gasteiger partial charge in [-0.2, -0.15) is 4.98 Å². The second-order valence-electron chi connectivity index (χ2n) is 19.7. The number of benzene rings is 3. The van der Waals surface area contributed by atoms with Gasteiger partial charge in [0.1, 0.15) is 17.0 Å². The molecule has 354 valence electrons. The van der Waals surface area contributed by atoms with E-state index in [1.807, 2.05) is 48.2 Å². The number of nitrogens with zero attached hydrogens (tertiary/aromatic N) is 5. The zero-order chi connectivity index (χ0) is 47.1. The van der Waals surface area contributed by atoms with Gasteiger partial charge in [-0.05, 0) is 135 Å². The number of hydrogen-bond acceptors (Lipinski definition) is 12. The van der Waals surface area contributed by atoms with Crippen LogP contribution < -0.4 is 24.6 Å². The van der Waals surface area contributed by atoms with Crippen LogP contribution in [0.15, 0.2) is 89.5 Å². The number of anilines is 4. The molecule has 0 radical (unpaired) electrons. The number of nitrogens with one attached hydrogen (secondary N) is 3. The largest absolute Gasteiger partial charge is 0.476 e. The average Bonchev–Trinajstić information content (AvgIpc) is 3.66. The Bertz CT molecular complexity index is 2810. The Balaban J connectivity index is 0.975. The highest BCUT2D eigenvalue weighted by atomic mass is 35.5. The first-order valence-electron chi connectivity index (χ1n) is 23.3. The van der Waals surface area contributed by atoms with Crippen molar-refractivity contribution in [1.29, 1.82) is 0 Å². The molecule has 2 fully saturated rings. The third kappa shape index (κ3) is 10.4. The summed E-state index contributed by atoms with van der Waals surface area (Å²) < 4.78 is 36.3. The Hall–Kier alpha value is -5.68. The van der Waals surface area contributed by atoms with E-state index >= 15 is 0 Å². The molecule has 0 unspecified atom stereocenters. The van der Waals surface area contributed by atoms with Gasteiger partial charge in [0.05, 0.1) is 33.3 Å². The minimum absolute atomic E-state index is 0.106. The van der Waals surface area contributed by atoms with Crippen LogP contribution in [0.2, 0.25) is 5.02 Å². The fraction of sp³-hybridized carbons (Fsp3) is 0.440. The molecule has 5 aromatic rings. The quantitative estimate of drug-likeness (QED) is 0.0687. The van der Waals surface area contributed by atoms with Gasteiger partial charge < -0.3 is 29.9 Å². The van der Waals surface area contributed by atoms with Crippen LogP contribution in [0.5, 0.6) is 5.88 Å². The van der Waals surface area contributed by atoms with Crippen LogP contribution in [0.25, 0.3) is 16.6 Å². The molecule has 4 N–H and O–H groups in total. The predicted molar refractivity (Wildman–Crippen MR) is 263 cm³/mol. The molecule has 2 aliphatic heterocycles. The summed E-state index contributed by atoms with van der Waals surface area (Å²) in [6.45, 7) is 11.8. The summed E-state index contributed by atoms with van der Waals surface area (Å²) in [5.41, 5.74) is 6.15. The summed E-state index contributed by atoms with van der Waals surface area (Å²) in [4.78, 5) is 40.3. The number of sulfonamides is 1. The highest BCUT2D eigenvalue weighted by molar-refractivity contribution is 7.90. The number of allylic oxidation sites excluding steroid dienone is 1. The van der Waals surface area contributed by atoms with E-state index in [9.17, 15) is 28.4 Å². The second-order valence-corrected chi connectivity index (χ2v) is 21.8. The number of rotatable bonds is 12. The third-order valence-corrected chi connectivity index (χ3v) is 15.6. The number of halogens is 1. The van der Waals surface area contributed by atoms with E-state index in [-0.39, 0.29) is 22.6 Å². The van der Waals surface area contributed by atoms with Gasteiger partial charge in [0.2, 0.25) is 5.88 Å². The molecule has 15 nitrogen and oxygen atoms in total. The van der Waals surface area contributed by atoms with Gasteiger partial charge in [0, 0.05) is 74.2 Å². The minimum atomic E-state index is -4.59. The normalized spacial score (nSPS) is 21.4. The Morgan fingerprint density at radius 3 is 2.48 bits per heavy atom. The maximum absolute atomic E-state index is 14.4. The van der Waals surface area contributed by atoms with Crippen LogP contribution in [0.3, 0.4) is 0 Å². The van der Waals surface area contributed by atoms with Crippen LogP contribution >= 0.6 is 11.6 Å². The molecule has 1 amide bonds. The van der Waals surface area contributed by atoms with E-state index < -0.39 is 37.0 Å². The fourth-order valence-electron chi connectivity index (χ4n) is 10.0. The molecule has 4 aliphatic rings. The highest BCUT2D eigenvalue weighted by Crippen LogP contribution is 2.44. The maximum atomic E-state index is 14.4. The number of aliphatic hydroxyl groups is 1. The van der Waals surface area contributed by atoms with E-state index in [1.54, 1.807) is 12.3 Å². The van der Waals surface area contributed by atoms with Gasteiger partial charge in [-0.3, -0.25) is 19.8 Å². The first kappa shape index (κ1) is 46.4. The van der Waals surface area contributed by atoms with Crippen molar-refractivity contribution < 1.29 is 28.0 Å². The van der Waals surface area contributed by atoms with E-state index in [0.717, 1.165) is 87.0 Å². The van der Waals surface area contributed by atoms with Gasteiger partial charge in [-0.25, -0.2) is 13.1 Å². The Morgan fingerprint density at radius 2 is 1.73 bits per heavy atom. The Kier molecular flexibility index (Phi) is 13.0. The molecule has 17 heteroatoms. The fourth-order valence-corrected chi connectivity index (χ4v) is 11.1. The lowest BCUT2D eigenvalue weighted by atomic mass is 9.72. The molecule has 2 aliphatic carbocycles. The van der Waals surface area contributed by atoms with Crippen molar-refractivity contribution >= 4 is 72.6 Å². The Morgan fingerprint density at radius 1 is 0.970 bits per heavy atom. The first-order chi connectivity index (χ1) is 32.0. The van der Waals surface area contributed by atoms with Crippen molar-refractivity contribution in [2.45, 2.75) is 82.6 Å². The van der Waals surface area contributed by atoms with Crippen LogP contribution in [0.4, 0.5) is 28.4 Å². The third-order valence-electron chi connectivity index (χ3n) is 14.1. The average molecular weight is 952 g/mol. The van der Waals surface area contributed by atoms with Gasteiger partial charge in [0.25, 0.3) is 21.6 Å². The van der Waals surface area contributed by atoms with E-state index in [4.69, 9.17) is 21.3 Å². The summed E-state index contributed by atoms with van der Waals surface area (Å²) in [6.07, 6.45) is 8.39. The standard InChI is InChI=1S/C50H59ClN8O7S/c1-49(2)17-15-36(41(30-49)34-5-7-37(51)8-6-34)32-56-22-24-57(25-23-56)38-9-11-40(43(28-38)58-21-4-26-66-48-45(58)27-35-16-20-52-46(35)54-48)47(60)55-67(64,65)39-10-12-42(44(29-39)59(62)63)53-31-33-13-18-50(3,61)19-14-33/h5-12,16,20,27-29,33,53,61H,4,13-15,17-19,21-26,30-32H2,1-3H3,(H,52,54)(H,55,60)/t33-,50+. The summed E-state index contributed by atoms with van der Waals surface area (Å²) >= 11 is 6.27. The SMILES string of the molecule is CC1(C)CCC(CN2CCN(c3ccc(C(=O)NS(=O)(=O)c4ccc(NC[C@H]5CC[C@@](C)(O)CC5)c([N+](=O)[O-])c4)c(N4CCCOc5nc6[nH]ccc6cc54)c3)CC2)=C(c2ccc(Cl)cc2)C1. The molecule has 67 heavy (non-hydrogen) atoms. The summed E-state index contributed by atoms with van der Waals surface area (Å²) in [6, 6.07) is 21.1. The lowest BCUT2D eigenvalue weighted by molar-refractivity contribution is -0.384. The molecule has 4 heterocycles. The lowest BCUT2D eigenvalue weighted by Gasteiger charge is -2.39. The first-order valence-corrected chi connectivity index (χ1v) is 25.2. The monoisotopic (exact) mass is 950 g/mol. The van der Waals surface area contributed by atoms with Crippen LogP contribution in [0, 0.1) is 21.4 Å². The van der Waals surface area contributed by atoms with Crippen LogP contribution in [-0.4, -0.2) is 97.2 Å². The van der Waals surface area contributed by atoms with E-state index in [2.05, 4.69) is 50.8 Å². The molecule has 1 saturated heterocycles. The molecule has 3 aromatic carbocycles. The topological polar surface area (TPSA) is 186 Å². The molecule has 1 saturated carbocycles.